The summed E-state index contributed by atoms with van der Waals surface area (Å²) in [7, 11) is 1.74. The summed E-state index contributed by atoms with van der Waals surface area (Å²) in [5.41, 5.74) is 2.62. The molecule has 2 bridgehead atoms. The fraction of sp³-hybridized carbons (Fsp3) is 0.577. The maximum atomic E-state index is 12.8. The average Bonchev–Trinajstić information content (AvgIpc) is 3.52. The normalized spacial score (nSPS) is 29.1. The van der Waals surface area contributed by atoms with Crippen molar-refractivity contribution >= 4 is 17.8 Å². The second kappa shape index (κ2) is 9.67. The van der Waals surface area contributed by atoms with Crippen molar-refractivity contribution in [1.82, 2.24) is 20.4 Å². The number of hydrogen-bond donors (Lipinski definition) is 2. The van der Waals surface area contributed by atoms with E-state index in [1.807, 2.05) is 0 Å². The molecule has 4 unspecified atom stereocenters. The summed E-state index contributed by atoms with van der Waals surface area (Å²) in [6.45, 7) is 4.91. The number of carbonyl (C=O) groups excluding carboxylic acids is 2. The molecule has 2 saturated heterocycles. The molecule has 7 heteroatoms. The SMILES string of the molecule is CN=C(NCCN1C(=O)C2C3C=CC(C3)C2C1=O)NCc1ccccc1CN1CCCCC1. The van der Waals surface area contributed by atoms with Gasteiger partial charge in [0.25, 0.3) is 0 Å². The molecule has 33 heavy (non-hydrogen) atoms. The number of nitrogens with zero attached hydrogens (tertiary/aromatic N) is 3. The number of allylic oxidation sites excluding steroid dienone is 2. The van der Waals surface area contributed by atoms with Crippen LogP contribution >= 0.6 is 0 Å². The van der Waals surface area contributed by atoms with Crippen molar-refractivity contribution < 1.29 is 9.59 Å². The Balaban J connectivity index is 1.11. The molecule has 3 fully saturated rings. The van der Waals surface area contributed by atoms with Gasteiger partial charge < -0.3 is 10.6 Å². The Kier molecular flexibility index (Phi) is 6.49. The highest BCUT2D eigenvalue weighted by atomic mass is 16.2. The zero-order valence-corrected chi connectivity index (χ0v) is 19.5. The number of benzene rings is 1. The van der Waals surface area contributed by atoms with Gasteiger partial charge in [0.2, 0.25) is 11.8 Å². The van der Waals surface area contributed by atoms with Gasteiger partial charge in [0, 0.05) is 33.2 Å². The number of piperidine rings is 1. The summed E-state index contributed by atoms with van der Waals surface area (Å²) in [5.74, 6) is 0.977. The number of likely N-dealkylation sites (tertiary alicyclic amines) is 2. The van der Waals surface area contributed by atoms with E-state index in [1.165, 1.54) is 48.4 Å². The first-order valence-corrected chi connectivity index (χ1v) is 12.4. The third kappa shape index (κ3) is 4.43. The first-order valence-electron chi connectivity index (χ1n) is 12.4. The van der Waals surface area contributed by atoms with E-state index in [4.69, 9.17) is 0 Å². The van der Waals surface area contributed by atoms with E-state index in [2.05, 4.69) is 56.9 Å². The Labute approximate surface area is 196 Å². The van der Waals surface area contributed by atoms with Crippen LogP contribution in [0.2, 0.25) is 0 Å². The molecule has 2 amide bonds. The Morgan fingerprint density at radius 1 is 0.970 bits per heavy atom. The van der Waals surface area contributed by atoms with Crippen LogP contribution in [0, 0.1) is 23.7 Å². The Morgan fingerprint density at radius 3 is 2.30 bits per heavy atom. The zero-order valence-electron chi connectivity index (χ0n) is 19.5. The van der Waals surface area contributed by atoms with E-state index in [1.54, 1.807) is 7.05 Å². The maximum absolute atomic E-state index is 12.8. The molecule has 0 radical (unpaired) electrons. The van der Waals surface area contributed by atoms with Crippen molar-refractivity contribution in [1.29, 1.82) is 0 Å². The van der Waals surface area contributed by atoms with Gasteiger partial charge in [-0.05, 0) is 55.3 Å². The summed E-state index contributed by atoms with van der Waals surface area (Å²) >= 11 is 0. The van der Waals surface area contributed by atoms with Gasteiger partial charge in [-0.2, -0.15) is 0 Å². The number of amides is 2. The van der Waals surface area contributed by atoms with E-state index >= 15 is 0 Å². The van der Waals surface area contributed by atoms with Gasteiger partial charge in [-0.25, -0.2) is 0 Å². The third-order valence-electron chi connectivity index (χ3n) is 7.82. The van der Waals surface area contributed by atoms with Crippen LogP contribution < -0.4 is 10.6 Å². The fourth-order valence-electron chi connectivity index (χ4n) is 6.11. The predicted molar refractivity (Wildman–Crippen MR) is 128 cm³/mol. The number of rotatable bonds is 7. The van der Waals surface area contributed by atoms with Crippen LogP contribution in [-0.2, 0) is 22.7 Å². The molecule has 2 aliphatic heterocycles. The van der Waals surface area contributed by atoms with Gasteiger partial charge in [0.15, 0.2) is 5.96 Å². The van der Waals surface area contributed by atoms with Crippen molar-refractivity contribution in [3.8, 4) is 0 Å². The van der Waals surface area contributed by atoms with E-state index in [-0.39, 0.29) is 35.5 Å². The molecule has 0 spiro atoms. The van der Waals surface area contributed by atoms with Crippen LogP contribution in [0.3, 0.4) is 0 Å². The molecule has 176 valence electrons. The molecular formula is C26H35N5O2. The zero-order chi connectivity index (χ0) is 22.8. The van der Waals surface area contributed by atoms with E-state index in [9.17, 15) is 9.59 Å². The summed E-state index contributed by atoms with van der Waals surface area (Å²) < 4.78 is 0. The number of aliphatic imine (C=N–C) groups is 1. The highest BCUT2D eigenvalue weighted by molar-refractivity contribution is 6.06. The van der Waals surface area contributed by atoms with E-state index in [0.717, 1.165) is 13.0 Å². The van der Waals surface area contributed by atoms with Crippen molar-refractivity contribution in [3.63, 3.8) is 0 Å². The molecule has 2 N–H and O–H groups in total. The van der Waals surface area contributed by atoms with Crippen LogP contribution in [0.5, 0.6) is 0 Å². The number of hydrogen-bond acceptors (Lipinski definition) is 4. The van der Waals surface area contributed by atoms with Gasteiger partial charge in [-0.3, -0.25) is 24.4 Å². The minimum absolute atomic E-state index is 0.0123. The van der Waals surface area contributed by atoms with Crippen molar-refractivity contribution in [2.45, 2.75) is 38.8 Å². The summed E-state index contributed by atoms with van der Waals surface area (Å²) in [6, 6.07) is 8.57. The van der Waals surface area contributed by atoms with Gasteiger partial charge in [-0.15, -0.1) is 0 Å². The molecule has 1 aromatic rings. The molecule has 5 rings (SSSR count). The highest BCUT2D eigenvalue weighted by Gasteiger charge is 2.58. The lowest BCUT2D eigenvalue weighted by atomic mass is 9.85. The smallest absolute Gasteiger partial charge is 0.233 e. The van der Waals surface area contributed by atoms with Crippen LogP contribution in [-0.4, -0.2) is 60.8 Å². The van der Waals surface area contributed by atoms with Crippen LogP contribution in [0.4, 0.5) is 0 Å². The number of carbonyl (C=O) groups is 2. The summed E-state index contributed by atoms with van der Waals surface area (Å²) in [6.07, 6.45) is 9.16. The van der Waals surface area contributed by atoms with Crippen LogP contribution in [0.15, 0.2) is 41.4 Å². The number of nitrogens with one attached hydrogen (secondary N) is 2. The van der Waals surface area contributed by atoms with Crippen LogP contribution in [0.1, 0.15) is 36.8 Å². The van der Waals surface area contributed by atoms with E-state index in [0.29, 0.717) is 25.6 Å². The molecule has 4 atom stereocenters. The Bertz CT molecular complexity index is 922. The second-order valence-corrected chi connectivity index (χ2v) is 9.79. The first kappa shape index (κ1) is 22.1. The average molecular weight is 450 g/mol. The van der Waals surface area contributed by atoms with Crippen molar-refractivity contribution in [2.75, 3.05) is 33.2 Å². The highest BCUT2D eigenvalue weighted by Crippen LogP contribution is 2.52. The standard InChI is InChI=1S/C26H35N5O2/c1-27-26(29-16-20-7-3-4-8-21(20)17-30-12-5-2-6-13-30)28-11-14-31-24(32)22-18-9-10-19(15-18)23(22)25(31)33/h3-4,7-10,18-19,22-23H,2,5-6,11-17H2,1H3,(H2,27,28,29). The molecule has 2 aliphatic carbocycles. The predicted octanol–water partition coefficient (Wildman–Crippen LogP) is 2.14. The lowest BCUT2D eigenvalue weighted by Crippen LogP contribution is -2.43. The Morgan fingerprint density at radius 2 is 1.64 bits per heavy atom. The number of fused-ring (bicyclic) bond motifs is 5. The molecule has 0 aromatic heterocycles. The van der Waals surface area contributed by atoms with Gasteiger partial charge >= 0.3 is 0 Å². The second-order valence-electron chi connectivity index (χ2n) is 9.79. The maximum Gasteiger partial charge on any atom is 0.233 e. The van der Waals surface area contributed by atoms with Crippen LogP contribution in [0.25, 0.3) is 0 Å². The topological polar surface area (TPSA) is 77.0 Å². The summed E-state index contributed by atoms with van der Waals surface area (Å²) in [5, 5.41) is 6.68. The largest absolute Gasteiger partial charge is 0.355 e. The number of guanidine groups is 1. The van der Waals surface area contributed by atoms with Gasteiger partial charge in [0.1, 0.15) is 0 Å². The van der Waals surface area contributed by atoms with Crippen molar-refractivity contribution in [2.24, 2.45) is 28.7 Å². The fourth-order valence-corrected chi connectivity index (χ4v) is 6.11. The molecule has 2 heterocycles. The van der Waals surface area contributed by atoms with Crippen molar-refractivity contribution in [3.05, 3.63) is 47.5 Å². The minimum Gasteiger partial charge on any atom is -0.355 e. The summed E-state index contributed by atoms with van der Waals surface area (Å²) in [4.78, 5) is 34.0. The molecule has 1 aromatic carbocycles. The quantitative estimate of drug-likeness (QED) is 0.289. The number of imide groups is 1. The molecule has 4 aliphatic rings. The molecule has 7 nitrogen and oxygen atoms in total. The molecule has 1 saturated carbocycles. The first-order chi connectivity index (χ1) is 16.2. The monoisotopic (exact) mass is 449 g/mol. The van der Waals surface area contributed by atoms with Gasteiger partial charge in [0.05, 0.1) is 11.8 Å². The van der Waals surface area contributed by atoms with E-state index < -0.39 is 0 Å². The minimum atomic E-state index is -0.124. The van der Waals surface area contributed by atoms with Gasteiger partial charge in [-0.1, -0.05) is 42.8 Å². The third-order valence-corrected chi connectivity index (χ3v) is 7.82. The lowest BCUT2D eigenvalue weighted by Gasteiger charge is -2.27. The Hall–Kier alpha value is -2.67. The lowest BCUT2D eigenvalue weighted by molar-refractivity contribution is -0.140. The molecular weight excluding hydrogens is 414 g/mol.